The number of carbonyl (C=O) groups excluding carboxylic acids is 2. The van der Waals surface area contributed by atoms with Gasteiger partial charge in [0.1, 0.15) is 6.04 Å². The zero-order valence-corrected chi connectivity index (χ0v) is 11.9. The van der Waals surface area contributed by atoms with E-state index >= 15 is 0 Å². The van der Waals surface area contributed by atoms with Gasteiger partial charge in [-0.3, -0.25) is 4.79 Å². The molecule has 0 saturated carbocycles. The molecule has 0 radical (unpaired) electrons. The van der Waals surface area contributed by atoms with Gasteiger partial charge in [-0.15, -0.1) is 0 Å². The quantitative estimate of drug-likeness (QED) is 0.750. The summed E-state index contributed by atoms with van der Waals surface area (Å²) in [6, 6.07) is -0.685. The number of amides is 1. The van der Waals surface area contributed by atoms with Crippen molar-refractivity contribution in [2.24, 2.45) is 11.8 Å². The van der Waals surface area contributed by atoms with E-state index in [0.29, 0.717) is 6.54 Å². The Bertz CT molecular complexity index is 315. The van der Waals surface area contributed by atoms with Gasteiger partial charge in [-0.2, -0.15) is 0 Å². The Morgan fingerprint density at radius 2 is 2.00 bits per heavy atom. The van der Waals surface area contributed by atoms with Crippen molar-refractivity contribution >= 4 is 11.9 Å². The Kier molecular flexibility index (Phi) is 5.14. The Morgan fingerprint density at radius 3 is 2.44 bits per heavy atom. The van der Waals surface area contributed by atoms with Crippen LogP contribution in [0.5, 0.6) is 0 Å². The predicted octanol–water partition coefficient (Wildman–Crippen LogP) is 0.640. The second kappa shape index (κ2) is 6.18. The molecule has 1 saturated heterocycles. The third-order valence-electron chi connectivity index (χ3n) is 3.34. The highest BCUT2D eigenvalue weighted by atomic mass is 16.5. The lowest BCUT2D eigenvalue weighted by Crippen LogP contribution is -2.62. The Balaban J connectivity index is 2.91. The van der Waals surface area contributed by atoms with Crippen LogP contribution >= 0.6 is 0 Å². The average Bonchev–Trinajstić information content (AvgIpc) is 2.30. The summed E-state index contributed by atoms with van der Waals surface area (Å²) in [5.74, 6) is -0.0684. The summed E-state index contributed by atoms with van der Waals surface area (Å²) >= 11 is 0. The van der Waals surface area contributed by atoms with E-state index in [0.717, 1.165) is 6.54 Å². The highest BCUT2D eigenvalue weighted by Gasteiger charge is 2.39. The number of hydrogen-bond acceptors (Lipinski definition) is 4. The molecule has 0 spiro atoms. The summed E-state index contributed by atoms with van der Waals surface area (Å²) in [4.78, 5) is 25.9. The van der Waals surface area contributed by atoms with Gasteiger partial charge in [0.2, 0.25) is 5.91 Å². The maximum Gasteiger partial charge on any atom is 0.328 e. The van der Waals surface area contributed by atoms with Crippen molar-refractivity contribution in [3.63, 3.8) is 0 Å². The van der Waals surface area contributed by atoms with E-state index in [1.165, 1.54) is 7.11 Å². The summed E-state index contributed by atoms with van der Waals surface area (Å²) in [6.07, 6.45) is 0. The second-order valence-electron chi connectivity index (χ2n) is 5.42. The van der Waals surface area contributed by atoms with Crippen molar-refractivity contribution in [3.05, 3.63) is 0 Å². The minimum atomic E-state index is -0.481. The number of hydrogen-bond donors (Lipinski definition) is 1. The summed E-state index contributed by atoms with van der Waals surface area (Å²) < 4.78 is 4.82. The van der Waals surface area contributed by atoms with Gasteiger partial charge in [-0.25, -0.2) is 4.79 Å². The molecule has 5 heteroatoms. The molecule has 1 rings (SSSR count). The molecule has 1 aliphatic heterocycles. The minimum Gasteiger partial charge on any atom is -0.467 e. The van der Waals surface area contributed by atoms with Crippen LogP contribution in [0.1, 0.15) is 27.7 Å². The van der Waals surface area contributed by atoms with Crippen molar-refractivity contribution < 1.29 is 14.3 Å². The van der Waals surface area contributed by atoms with Crippen LogP contribution in [0.3, 0.4) is 0 Å². The molecule has 104 valence electrons. The van der Waals surface area contributed by atoms with E-state index in [4.69, 9.17) is 4.74 Å². The highest BCUT2D eigenvalue weighted by Crippen LogP contribution is 2.18. The number of esters is 1. The molecule has 0 aromatic carbocycles. The Morgan fingerprint density at radius 1 is 1.39 bits per heavy atom. The lowest BCUT2D eigenvalue weighted by atomic mass is 9.96. The SMILES string of the molecule is COC(=O)C(C(C)C)N1CCNC(C(C)C)C1=O. The van der Waals surface area contributed by atoms with Crippen LogP contribution in [0, 0.1) is 11.8 Å². The van der Waals surface area contributed by atoms with E-state index in [2.05, 4.69) is 5.32 Å². The lowest BCUT2D eigenvalue weighted by Gasteiger charge is -2.40. The largest absolute Gasteiger partial charge is 0.467 e. The van der Waals surface area contributed by atoms with Gasteiger partial charge in [-0.05, 0) is 11.8 Å². The fourth-order valence-electron chi connectivity index (χ4n) is 2.39. The van der Waals surface area contributed by atoms with Gasteiger partial charge in [0.25, 0.3) is 0 Å². The van der Waals surface area contributed by atoms with E-state index in [1.54, 1.807) is 4.90 Å². The first-order valence-electron chi connectivity index (χ1n) is 6.51. The first-order valence-corrected chi connectivity index (χ1v) is 6.51. The zero-order valence-electron chi connectivity index (χ0n) is 11.9. The fourth-order valence-corrected chi connectivity index (χ4v) is 2.39. The third kappa shape index (κ3) is 3.02. The van der Waals surface area contributed by atoms with Crippen LogP contribution in [-0.2, 0) is 14.3 Å². The van der Waals surface area contributed by atoms with Crippen molar-refractivity contribution in [3.8, 4) is 0 Å². The first kappa shape index (κ1) is 15.0. The molecule has 0 aromatic heterocycles. The third-order valence-corrected chi connectivity index (χ3v) is 3.34. The molecular formula is C13H24N2O3. The smallest absolute Gasteiger partial charge is 0.328 e. The lowest BCUT2D eigenvalue weighted by molar-refractivity contribution is -0.157. The summed E-state index contributed by atoms with van der Waals surface area (Å²) in [6.45, 7) is 9.14. The van der Waals surface area contributed by atoms with E-state index < -0.39 is 6.04 Å². The molecule has 1 N–H and O–H groups in total. The maximum absolute atomic E-state index is 12.4. The Labute approximate surface area is 109 Å². The predicted molar refractivity (Wildman–Crippen MR) is 69.0 cm³/mol. The van der Waals surface area contributed by atoms with E-state index in [9.17, 15) is 9.59 Å². The van der Waals surface area contributed by atoms with Gasteiger partial charge in [0.05, 0.1) is 13.2 Å². The van der Waals surface area contributed by atoms with Crippen LogP contribution in [0.15, 0.2) is 0 Å². The van der Waals surface area contributed by atoms with Crippen molar-refractivity contribution in [1.29, 1.82) is 0 Å². The summed E-state index contributed by atoms with van der Waals surface area (Å²) in [5, 5.41) is 3.21. The number of nitrogens with zero attached hydrogens (tertiary/aromatic N) is 1. The molecule has 0 bridgehead atoms. The summed E-state index contributed by atoms with van der Waals surface area (Å²) in [7, 11) is 1.37. The second-order valence-corrected chi connectivity index (χ2v) is 5.42. The normalized spacial score (nSPS) is 22.5. The van der Waals surface area contributed by atoms with Crippen LogP contribution in [0.25, 0.3) is 0 Å². The molecular weight excluding hydrogens is 232 g/mol. The van der Waals surface area contributed by atoms with E-state index in [-0.39, 0.29) is 29.8 Å². The molecule has 2 atom stereocenters. The average molecular weight is 256 g/mol. The van der Waals surface area contributed by atoms with Crippen LogP contribution in [0.2, 0.25) is 0 Å². The van der Waals surface area contributed by atoms with Gasteiger partial charge in [0.15, 0.2) is 0 Å². The number of nitrogens with one attached hydrogen (secondary N) is 1. The molecule has 0 aromatic rings. The zero-order chi connectivity index (χ0) is 13.9. The molecule has 1 fully saturated rings. The number of carbonyl (C=O) groups is 2. The van der Waals surface area contributed by atoms with Crippen molar-refractivity contribution in [1.82, 2.24) is 10.2 Å². The molecule has 5 nitrogen and oxygen atoms in total. The van der Waals surface area contributed by atoms with Crippen molar-refractivity contribution in [2.75, 3.05) is 20.2 Å². The van der Waals surface area contributed by atoms with Crippen molar-refractivity contribution in [2.45, 2.75) is 39.8 Å². The number of methoxy groups -OCH3 is 1. The highest BCUT2D eigenvalue weighted by molar-refractivity contribution is 5.88. The topological polar surface area (TPSA) is 58.6 Å². The first-order chi connectivity index (χ1) is 8.40. The minimum absolute atomic E-state index is 0.000324. The van der Waals surface area contributed by atoms with Gasteiger partial charge < -0.3 is 15.0 Å². The molecule has 18 heavy (non-hydrogen) atoms. The van der Waals surface area contributed by atoms with E-state index in [1.807, 2.05) is 27.7 Å². The molecule has 1 heterocycles. The van der Waals surface area contributed by atoms with Gasteiger partial charge >= 0.3 is 5.97 Å². The van der Waals surface area contributed by atoms with Crippen LogP contribution < -0.4 is 5.32 Å². The summed E-state index contributed by atoms with van der Waals surface area (Å²) in [5.41, 5.74) is 0. The number of rotatable bonds is 4. The fraction of sp³-hybridized carbons (Fsp3) is 0.846. The van der Waals surface area contributed by atoms with Gasteiger partial charge in [0, 0.05) is 13.1 Å². The molecule has 1 amide bonds. The Hall–Kier alpha value is -1.10. The number of piperazine rings is 1. The van der Waals surface area contributed by atoms with Crippen LogP contribution in [0.4, 0.5) is 0 Å². The van der Waals surface area contributed by atoms with Crippen LogP contribution in [-0.4, -0.2) is 49.1 Å². The van der Waals surface area contributed by atoms with Gasteiger partial charge in [-0.1, -0.05) is 27.7 Å². The maximum atomic E-state index is 12.4. The molecule has 2 unspecified atom stereocenters. The molecule has 1 aliphatic rings. The molecule has 0 aliphatic carbocycles. The monoisotopic (exact) mass is 256 g/mol. The standard InChI is InChI=1S/C13H24N2O3/c1-8(2)10-12(16)15(7-6-14-10)11(9(3)4)13(17)18-5/h8-11,14H,6-7H2,1-5H3. The number of ether oxygens (including phenoxy) is 1.